The monoisotopic (exact) mass is 354 g/mol. The molecule has 3 rings (SSSR count). The minimum Gasteiger partial charge on any atom is -0.481 e. The number of ether oxygens (including phenoxy) is 1. The average molecular weight is 355 g/mol. The first-order valence-corrected chi connectivity index (χ1v) is 11.3. The second-order valence-corrected chi connectivity index (χ2v) is 9.39. The Morgan fingerprint density at radius 3 is 2.38 bits per heavy atom. The Morgan fingerprint density at radius 2 is 1.62 bits per heavy atom. The van der Waals surface area contributed by atoms with E-state index in [1.165, 1.54) is 70.0 Å². The molecule has 0 aromatic carbocycles. The number of carboxylic acids is 1. The van der Waals surface area contributed by atoms with Crippen LogP contribution >= 0.6 is 11.8 Å². The van der Waals surface area contributed by atoms with E-state index in [1.807, 2.05) is 0 Å². The van der Waals surface area contributed by atoms with E-state index < -0.39 is 5.97 Å². The lowest BCUT2D eigenvalue weighted by Crippen LogP contribution is -2.29. The fourth-order valence-electron chi connectivity index (χ4n) is 4.99. The van der Waals surface area contributed by atoms with Crippen LogP contribution in [-0.4, -0.2) is 34.3 Å². The molecule has 3 fully saturated rings. The Morgan fingerprint density at radius 1 is 0.917 bits per heavy atom. The summed E-state index contributed by atoms with van der Waals surface area (Å²) in [4.78, 5) is 10.6. The molecule has 3 nitrogen and oxygen atoms in total. The van der Waals surface area contributed by atoms with Gasteiger partial charge in [-0.3, -0.25) is 4.79 Å². The highest BCUT2D eigenvalue weighted by Gasteiger charge is 2.48. The Hall–Kier alpha value is -0.220. The van der Waals surface area contributed by atoms with Crippen LogP contribution < -0.4 is 0 Å². The van der Waals surface area contributed by atoms with Gasteiger partial charge in [-0.2, -0.15) is 11.8 Å². The van der Waals surface area contributed by atoms with E-state index >= 15 is 0 Å². The Bertz CT molecular complexity index is 394. The predicted molar refractivity (Wildman–Crippen MR) is 99.5 cm³/mol. The zero-order valence-corrected chi connectivity index (χ0v) is 15.8. The van der Waals surface area contributed by atoms with Gasteiger partial charge in [0.25, 0.3) is 0 Å². The van der Waals surface area contributed by atoms with Crippen molar-refractivity contribution >= 4 is 17.7 Å². The predicted octanol–water partition coefficient (Wildman–Crippen LogP) is 5.27. The molecule has 2 heterocycles. The number of fused-ring (bicyclic) bond motifs is 2. The van der Waals surface area contributed by atoms with Crippen molar-refractivity contribution < 1.29 is 14.6 Å². The van der Waals surface area contributed by atoms with Crippen LogP contribution in [0, 0.1) is 11.8 Å². The van der Waals surface area contributed by atoms with Crippen LogP contribution in [-0.2, 0) is 9.53 Å². The molecule has 1 saturated carbocycles. The summed E-state index contributed by atoms with van der Waals surface area (Å²) in [6.45, 7) is 0. The molecule has 1 N–H and O–H groups in total. The molecule has 4 unspecified atom stereocenters. The van der Waals surface area contributed by atoms with Gasteiger partial charge >= 0.3 is 5.97 Å². The number of hydrogen-bond acceptors (Lipinski definition) is 3. The summed E-state index contributed by atoms with van der Waals surface area (Å²) in [7, 11) is 0. The number of thioether (sulfide) groups is 1. The van der Waals surface area contributed by atoms with Gasteiger partial charge in [-0.25, -0.2) is 0 Å². The lowest BCUT2D eigenvalue weighted by atomic mass is 9.77. The van der Waals surface area contributed by atoms with E-state index in [0.717, 1.165) is 29.9 Å². The van der Waals surface area contributed by atoms with E-state index in [-0.39, 0.29) is 0 Å². The van der Waals surface area contributed by atoms with E-state index in [0.29, 0.717) is 18.6 Å². The van der Waals surface area contributed by atoms with Crippen molar-refractivity contribution in [2.75, 3.05) is 5.75 Å². The van der Waals surface area contributed by atoms with Gasteiger partial charge in [0.1, 0.15) is 0 Å². The molecule has 0 radical (unpaired) electrons. The van der Waals surface area contributed by atoms with Gasteiger partial charge in [0.2, 0.25) is 0 Å². The smallest absolute Gasteiger partial charge is 0.303 e. The van der Waals surface area contributed by atoms with Crippen LogP contribution in [0.15, 0.2) is 0 Å². The summed E-state index contributed by atoms with van der Waals surface area (Å²) in [6, 6.07) is 0. The third-order valence-electron chi connectivity index (χ3n) is 6.34. The number of unbranched alkanes of at least 4 members (excludes halogenated alkanes) is 3. The molecule has 0 amide bonds. The van der Waals surface area contributed by atoms with Gasteiger partial charge < -0.3 is 9.84 Å². The lowest BCUT2D eigenvalue weighted by Gasteiger charge is -2.30. The first-order valence-electron chi connectivity index (χ1n) is 10.2. The maximum absolute atomic E-state index is 10.6. The zero-order valence-electron chi connectivity index (χ0n) is 15.0. The molecule has 138 valence electrons. The summed E-state index contributed by atoms with van der Waals surface area (Å²) < 4.78 is 6.26. The van der Waals surface area contributed by atoms with E-state index in [9.17, 15) is 4.79 Å². The average Bonchev–Trinajstić information content (AvgIpc) is 3.18. The molecular formula is C20H34O3S. The molecule has 0 spiro atoms. The molecular weight excluding hydrogens is 320 g/mol. The van der Waals surface area contributed by atoms with Crippen LogP contribution in [0.5, 0.6) is 0 Å². The zero-order chi connectivity index (χ0) is 16.8. The highest BCUT2D eigenvalue weighted by Crippen LogP contribution is 2.47. The summed E-state index contributed by atoms with van der Waals surface area (Å²) in [5.41, 5.74) is 0. The van der Waals surface area contributed by atoms with Crippen LogP contribution in [0.2, 0.25) is 0 Å². The van der Waals surface area contributed by atoms with Gasteiger partial charge in [-0.1, -0.05) is 38.5 Å². The number of hydrogen-bond donors (Lipinski definition) is 1. The SMILES string of the molecule is O=C(O)CCCCCCC1C2CCC(O2)C1CSC1CCCCC1. The van der Waals surface area contributed by atoms with Gasteiger partial charge in [-0.15, -0.1) is 0 Å². The van der Waals surface area contributed by atoms with Crippen molar-refractivity contribution in [2.24, 2.45) is 11.8 Å². The van der Waals surface area contributed by atoms with Gasteiger partial charge in [0, 0.05) is 11.7 Å². The van der Waals surface area contributed by atoms with Crippen LogP contribution in [0.4, 0.5) is 0 Å². The summed E-state index contributed by atoms with van der Waals surface area (Å²) in [5.74, 6) is 2.22. The Kier molecular flexibility index (Phi) is 7.33. The molecule has 4 heteroatoms. The fraction of sp³-hybridized carbons (Fsp3) is 0.950. The van der Waals surface area contributed by atoms with Crippen molar-refractivity contribution in [1.82, 2.24) is 0 Å². The minimum atomic E-state index is -0.656. The molecule has 3 aliphatic rings. The third kappa shape index (κ3) is 5.14. The summed E-state index contributed by atoms with van der Waals surface area (Å²) >= 11 is 2.24. The van der Waals surface area contributed by atoms with Crippen LogP contribution in [0.1, 0.15) is 83.5 Å². The maximum Gasteiger partial charge on any atom is 0.303 e. The normalized spacial score (nSPS) is 33.2. The lowest BCUT2D eigenvalue weighted by molar-refractivity contribution is -0.137. The first kappa shape index (κ1) is 18.6. The molecule has 0 aromatic heterocycles. The van der Waals surface area contributed by atoms with Crippen molar-refractivity contribution in [3.8, 4) is 0 Å². The van der Waals surface area contributed by atoms with Crippen molar-refractivity contribution in [1.29, 1.82) is 0 Å². The van der Waals surface area contributed by atoms with Gasteiger partial charge in [0.15, 0.2) is 0 Å². The third-order valence-corrected chi connectivity index (χ3v) is 7.87. The second-order valence-electron chi connectivity index (χ2n) is 8.06. The summed E-state index contributed by atoms with van der Waals surface area (Å²) in [6.07, 6.45) is 16.8. The van der Waals surface area contributed by atoms with Crippen LogP contribution in [0.25, 0.3) is 0 Å². The van der Waals surface area contributed by atoms with Crippen molar-refractivity contribution in [3.05, 3.63) is 0 Å². The second kappa shape index (κ2) is 9.47. The first-order chi connectivity index (χ1) is 11.7. The quantitative estimate of drug-likeness (QED) is 0.543. The van der Waals surface area contributed by atoms with Crippen molar-refractivity contribution in [2.45, 2.75) is 101 Å². The van der Waals surface area contributed by atoms with Gasteiger partial charge in [0.05, 0.1) is 12.2 Å². The maximum atomic E-state index is 10.6. The molecule has 2 aliphatic heterocycles. The molecule has 0 aromatic rings. The number of carboxylic acid groups (broad SMARTS) is 1. The van der Waals surface area contributed by atoms with E-state index in [2.05, 4.69) is 11.8 Å². The summed E-state index contributed by atoms with van der Waals surface area (Å²) in [5, 5.41) is 9.61. The van der Waals surface area contributed by atoms with E-state index in [4.69, 9.17) is 9.84 Å². The highest BCUT2D eigenvalue weighted by molar-refractivity contribution is 7.99. The molecule has 2 saturated heterocycles. The largest absolute Gasteiger partial charge is 0.481 e. The van der Waals surface area contributed by atoms with Gasteiger partial charge in [-0.05, 0) is 56.1 Å². The molecule has 24 heavy (non-hydrogen) atoms. The molecule has 2 bridgehead atoms. The van der Waals surface area contributed by atoms with E-state index in [1.54, 1.807) is 0 Å². The Balaban J connectivity index is 1.37. The fourth-order valence-corrected chi connectivity index (χ4v) is 6.61. The topological polar surface area (TPSA) is 46.5 Å². The minimum absolute atomic E-state index is 0.331. The standard InChI is InChI=1S/C20H34O3S/c21-20(22)11-7-2-1-6-10-16-17(19-13-12-18(16)23-19)14-24-15-8-4-3-5-9-15/h15-19H,1-14H2,(H,21,22). The Labute approximate surface area is 151 Å². The number of rotatable bonds is 10. The highest BCUT2D eigenvalue weighted by atomic mass is 32.2. The van der Waals surface area contributed by atoms with Crippen molar-refractivity contribution in [3.63, 3.8) is 0 Å². The number of carbonyl (C=O) groups is 1. The molecule has 4 atom stereocenters. The van der Waals surface area contributed by atoms with Crippen LogP contribution in [0.3, 0.4) is 0 Å². The number of aliphatic carboxylic acids is 1. The molecule has 1 aliphatic carbocycles.